The third-order valence-electron chi connectivity index (χ3n) is 1.23. The molecular weight excluding hydrogens is 140 g/mol. The second-order valence-electron chi connectivity index (χ2n) is 2.07. The molecule has 3 heteroatoms. The van der Waals surface area contributed by atoms with Crippen molar-refractivity contribution in [3.63, 3.8) is 0 Å². The van der Waals surface area contributed by atoms with Crippen LogP contribution in [0.4, 0.5) is 0 Å². The zero-order valence-corrected chi connectivity index (χ0v) is 6.37. The monoisotopic (exact) mass is 152 g/mol. The van der Waals surface area contributed by atoms with Crippen LogP contribution in [0.3, 0.4) is 0 Å². The molecule has 3 nitrogen and oxygen atoms in total. The molecule has 0 saturated heterocycles. The van der Waals surface area contributed by atoms with Crippen molar-refractivity contribution in [3.8, 4) is 0 Å². The molecule has 0 fully saturated rings. The zero-order chi connectivity index (χ0) is 8.10. The summed E-state index contributed by atoms with van der Waals surface area (Å²) in [4.78, 5) is 15.0. The van der Waals surface area contributed by atoms with E-state index in [2.05, 4.69) is 10.3 Å². The van der Waals surface area contributed by atoms with Gasteiger partial charge in [0, 0.05) is 14.2 Å². The van der Waals surface area contributed by atoms with E-state index in [9.17, 15) is 4.79 Å². The van der Waals surface area contributed by atoms with E-state index in [1.165, 1.54) is 0 Å². The van der Waals surface area contributed by atoms with Gasteiger partial charge in [-0.1, -0.05) is 6.07 Å². The molecule has 0 aromatic carbocycles. The van der Waals surface area contributed by atoms with Crippen LogP contribution in [0.2, 0.25) is 0 Å². The molecule has 0 atom stereocenters. The number of nitrogens with one attached hydrogen (secondary N) is 1. The highest BCUT2D eigenvalue weighted by Crippen LogP contribution is 1.91. The molecule has 1 amide bonds. The lowest BCUT2D eigenvalue weighted by atomic mass is 10.3. The van der Waals surface area contributed by atoms with E-state index in [-0.39, 0.29) is 7.33 Å². The van der Waals surface area contributed by atoms with E-state index in [0.29, 0.717) is 12.2 Å². The summed E-state index contributed by atoms with van der Waals surface area (Å²) in [7, 11) is 0. The van der Waals surface area contributed by atoms with E-state index in [1.54, 1.807) is 24.4 Å². The van der Waals surface area contributed by atoms with Crippen LogP contribution in [-0.2, 0) is 0 Å². The topological polar surface area (TPSA) is 42.0 Å². The van der Waals surface area contributed by atoms with Crippen LogP contribution in [-0.4, -0.2) is 17.4 Å². The molecule has 1 N–H and O–H groups in total. The van der Waals surface area contributed by atoms with Crippen LogP contribution in [0.15, 0.2) is 24.4 Å². The first-order chi connectivity index (χ1) is 5.34. The molecule has 0 aliphatic heterocycles. The normalized spacial score (nSPS) is 9.18. The number of hydrogen-bond acceptors (Lipinski definition) is 2. The van der Waals surface area contributed by atoms with Crippen molar-refractivity contribution in [2.24, 2.45) is 0 Å². The van der Waals surface area contributed by atoms with E-state index in [0.717, 1.165) is 0 Å². The maximum absolute atomic E-state index is 11.1. The summed E-state index contributed by atoms with van der Waals surface area (Å²) < 4.78 is 0. The number of nitrogens with zero attached hydrogens (tertiary/aromatic N) is 1. The van der Waals surface area contributed by atoms with Crippen molar-refractivity contribution in [1.29, 1.82) is 0 Å². The number of amides is 1. The molecule has 1 heterocycles. The minimum atomic E-state index is -0.117. The van der Waals surface area contributed by atoms with Gasteiger partial charge in [-0.3, -0.25) is 9.78 Å². The highest BCUT2D eigenvalue weighted by Gasteiger charge is 2.01. The molecule has 1 aromatic rings. The Hall–Kier alpha value is -1.38. The number of rotatable bonds is 2. The van der Waals surface area contributed by atoms with Crippen molar-refractivity contribution >= 4 is 5.91 Å². The lowest BCUT2D eigenvalue weighted by Crippen LogP contribution is -2.23. The minimum absolute atomic E-state index is 0. The Morgan fingerprint density at radius 2 is 2.55 bits per heavy atom. The third-order valence-corrected chi connectivity index (χ3v) is 1.23. The maximum atomic E-state index is 11.1. The van der Waals surface area contributed by atoms with Crippen LogP contribution in [0.1, 0.15) is 18.8 Å². The van der Waals surface area contributed by atoms with E-state index in [4.69, 9.17) is 0 Å². The van der Waals surface area contributed by atoms with Crippen LogP contribution in [0.25, 0.3) is 0 Å². The Morgan fingerprint density at radius 1 is 1.73 bits per heavy atom. The van der Waals surface area contributed by atoms with Gasteiger partial charge >= 0.3 is 0 Å². The van der Waals surface area contributed by atoms with Gasteiger partial charge in [-0.05, 0) is 19.1 Å². The summed E-state index contributed by atoms with van der Waals surface area (Å²) in [6.45, 7) is 2.51. The number of carbonyl (C=O) groups excluding carboxylic acids is 1. The molecule has 1 rings (SSSR count). The zero-order valence-electron chi connectivity index (χ0n) is 6.37. The molecule has 0 unspecified atom stereocenters. The van der Waals surface area contributed by atoms with Gasteiger partial charge in [0.05, 0.1) is 0 Å². The quantitative estimate of drug-likeness (QED) is 0.689. The van der Waals surface area contributed by atoms with E-state index >= 15 is 0 Å². The highest BCUT2D eigenvalue weighted by atomic mass is 16.1. The Morgan fingerprint density at radius 3 is 3.09 bits per heavy atom. The average Bonchev–Trinajstić information content (AvgIpc) is 2.07. The van der Waals surface area contributed by atoms with Gasteiger partial charge in [0.25, 0.3) is 5.91 Å². The fraction of sp³-hybridized carbons (Fsp3) is 0.250. The van der Waals surface area contributed by atoms with Gasteiger partial charge in [0.1, 0.15) is 5.69 Å². The van der Waals surface area contributed by atoms with Gasteiger partial charge in [0.2, 0.25) is 0 Å². The second-order valence-corrected chi connectivity index (χ2v) is 2.07. The highest BCUT2D eigenvalue weighted by molar-refractivity contribution is 5.92. The Bertz CT molecular complexity index is 238. The Kier molecular flexibility index (Phi) is 2.60. The lowest BCUT2D eigenvalue weighted by Gasteiger charge is -1.98. The summed E-state index contributed by atoms with van der Waals surface area (Å²) in [5, 5.41) is 2.66. The average molecular weight is 152 g/mol. The van der Waals surface area contributed by atoms with E-state index < -0.39 is 0 Å². The molecular formula is C8H12N2O. The predicted octanol–water partition coefficient (Wildman–Crippen LogP) is 1.08. The Labute approximate surface area is 66.9 Å². The van der Waals surface area contributed by atoms with Crippen molar-refractivity contribution < 1.29 is 6.22 Å². The number of pyridine rings is 1. The van der Waals surface area contributed by atoms with Crippen LogP contribution in [0, 0.1) is 0 Å². The first-order valence-electron chi connectivity index (χ1n) is 3.54. The molecule has 0 radical (unpaired) electrons. The SMILES string of the molecule is CCNC(=O)c1ccccn1.[HH]. The summed E-state index contributed by atoms with van der Waals surface area (Å²) >= 11 is 0. The first kappa shape index (κ1) is 7.72. The Balaban J connectivity index is 0.00000121. The van der Waals surface area contributed by atoms with Crippen LogP contribution >= 0.6 is 0 Å². The van der Waals surface area contributed by atoms with Gasteiger partial charge < -0.3 is 5.32 Å². The summed E-state index contributed by atoms with van der Waals surface area (Å²) in [5.74, 6) is -0.117. The minimum Gasteiger partial charge on any atom is -0.351 e. The summed E-state index contributed by atoms with van der Waals surface area (Å²) in [5.41, 5.74) is 0.467. The molecule has 1 aromatic heterocycles. The number of aromatic nitrogens is 1. The molecule has 0 aliphatic rings. The second kappa shape index (κ2) is 3.71. The number of carbonyl (C=O) groups is 1. The fourth-order valence-corrected chi connectivity index (χ4v) is 0.748. The van der Waals surface area contributed by atoms with Crippen molar-refractivity contribution in [2.45, 2.75) is 6.92 Å². The van der Waals surface area contributed by atoms with Gasteiger partial charge in [0.15, 0.2) is 0 Å². The van der Waals surface area contributed by atoms with Crippen molar-refractivity contribution in [1.82, 2.24) is 10.3 Å². The van der Waals surface area contributed by atoms with Gasteiger partial charge in [-0.25, -0.2) is 0 Å². The summed E-state index contributed by atoms with van der Waals surface area (Å²) in [6, 6.07) is 5.26. The largest absolute Gasteiger partial charge is 0.351 e. The molecule has 0 aliphatic carbocycles. The molecule has 11 heavy (non-hydrogen) atoms. The smallest absolute Gasteiger partial charge is 0.269 e. The standard InChI is InChI=1S/C8H10N2O.H2/c1-2-9-8(11)7-5-3-4-6-10-7;/h3-6H,2H2,1H3,(H,9,11);1H. The first-order valence-corrected chi connectivity index (χ1v) is 3.54. The van der Waals surface area contributed by atoms with Crippen molar-refractivity contribution in [2.75, 3.05) is 6.54 Å². The summed E-state index contributed by atoms with van der Waals surface area (Å²) in [6.07, 6.45) is 1.60. The lowest BCUT2D eigenvalue weighted by molar-refractivity contribution is 0.0951. The predicted molar refractivity (Wildman–Crippen MR) is 44.4 cm³/mol. The maximum Gasteiger partial charge on any atom is 0.269 e. The molecule has 0 bridgehead atoms. The molecule has 60 valence electrons. The van der Waals surface area contributed by atoms with Gasteiger partial charge in [-0.2, -0.15) is 0 Å². The molecule has 0 spiro atoms. The van der Waals surface area contributed by atoms with Crippen LogP contribution < -0.4 is 5.32 Å². The fourth-order valence-electron chi connectivity index (χ4n) is 0.748. The number of hydrogen-bond donors (Lipinski definition) is 1. The van der Waals surface area contributed by atoms with Gasteiger partial charge in [-0.15, -0.1) is 0 Å². The molecule has 0 saturated carbocycles. The third kappa shape index (κ3) is 2.04. The van der Waals surface area contributed by atoms with Crippen molar-refractivity contribution in [3.05, 3.63) is 30.1 Å². The van der Waals surface area contributed by atoms with Crippen LogP contribution in [0.5, 0.6) is 0 Å². The van der Waals surface area contributed by atoms with E-state index in [1.807, 2.05) is 6.92 Å².